The van der Waals surface area contributed by atoms with Crippen molar-refractivity contribution in [2.24, 2.45) is 11.7 Å². The Kier molecular flexibility index (Phi) is 7.01. The van der Waals surface area contributed by atoms with Gasteiger partial charge in [-0.3, -0.25) is 0 Å². The molecule has 1 aliphatic heterocycles. The maximum absolute atomic E-state index is 6.09. The second kappa shape index (κ2) is 8.04. The van der Waals surface area contributed by atoms with Gasteiger partial charge in [-0.05, 0) is 44.4 Å². The highest BCUT2D eigenvalue weighted by Crippen LogP contribution is 2.19. The molecule has 3 nitrogen and oxygen atoms in total. The SMILES string of the molecule is COCC(C)CC(N)CCCC1CCCO1. The van der Waals surface area contributed by atoms with Crippen molar-refractivity contribution in [1.29, 1.82) is 0 Å². The predicted molar refractivity (Wildman–Crippen MR) is 66.5 cm³/mol. The lowest BCUT2D eigenvalue weighted by Crippen LogP contribution is -2.24. The molecule has 0 aliphatic carbocycles. The molecule has 0 radical (unpaired) electrons. The minimum absolute atomic E-state index is 0.326. The molecule has 3 atom stereocenters. The van der Waals surface area contributed by atoms with Crippen molar-refractivity contribution in [3.63, 3.8) is 0 Å². The molecule has 0 saturated carbocycles. The molecule has 1 aliphatic rings. The smallest absolute Gasteiger partial charge is 0.0576 e. The zero-order chi connectivity index (χ0) is 11.8. The van der Waals surface area contributed by atoms with Gasteiger partial charge in [0, 0.05) is 26.4 Å². The van der Waals surface area contributed by atoms with E-state index >= 15 is 0 Å². The summed E-state index contributed by atoms with van der Waals surface area (Å²) in [7, 11) is 1.75. The van der Waals surface area contributed by atoms with Gasteiger partial charge >= 0.3 is 0 Å². The highest BCUT2D eigenvalue weighted by molar-refractivity contribution is 4.69. The second-order valence-electron chi connectivity index (χ2n) is 5.12. The fraction of sp³-hybridized carbons (Fsp3) is 1.00. The fourth-order valence-corrected chi connectivity index (χ4v) is 2.47. The third kappa shape index (κ3) is 5.83. The summed E-state index contributed by atoms with van der Waals surface area (Å²) < 4.78 is 10.7. The van der Waals surface area contributed by atoms with Gasteiger partial charge in [-0.25, -0.2) is 0 Å². The van der Waals surface area contributed by atoms with Gasteiger partial charge in [-0.1, -0.05) is 6.92 Å². The van der Waals surface area contributed by atoms with Crippen molar-refractivity contribution in [1.82, 2.24) is 0 Å². The Balaban J connectivity index is 1.98. The molecule has 3 heteroatoms. The largest absolute Gasteiger partial charge is 0.384 e. The predicted octanol–water partition coefficient (Wildman–Crippen LogP) is 2.34. The maximum Gasteiger partial charge on any atom is 0.0576 e. The van der Waals surface area contributed by atoms with Gasteiger partial charge in [-0.15, -0.1) is 0 Å². The van der Waals surface area contributed by atoms with Gasteiger partial charge in [-0.2, -0.15) is 0 Å². The number of hydrogen-bond donors (Lipinski definition) is 1. The zero-order valence-electron chi connectivity index (χ0n) is 10.8. The van der Waals surface area contributed by atoms with Crippen LogP contribution in [-0.2, 0) is 9.47 Å². The number of methoxy groups -OCH3 is 1. The Morgan fingerprint density at radius 2 is 2.31 bits per heavy atom. The molecule has 0 aromatic carbocycles. The van der Waals surface area contributed by atoms with Gasteiger partial charge in [0.05, 0.1) is 6.10 Å². The van der Waals surface area contributed by atoms with Crippen molar-refractivity contribution in [2.45, 2.75) is 57.6 Å². The van der Waals surface area contributed by atoms with E-state index in [1.807, 2.05) is 0 Å². The van der Waals surface area contributed by atoms with Gasteiger partial charge in [0.25, 0.3) is 0 Å². The molecule has 0 amide bonds. The van der Waals surface area contributed by atoms with Crippen LogP contribution in [-0.4, -0.2) is 32.5 Å². The molecule has 1 fully saturated rings. The van der Waals surface area contributed by atoms with Crippen LogP contribution < -0.4 is 5.73 Å². The molecule has 0 aromatic heterocycles. The molecule has 0 spiro atoms. The van der Waals surface area contributed by atoms with Crippen LogP contribution in [0.5, 0.6) is 0 Å². The highest BCUT2D eigenvalue weighted by Gasteiger charge is 2.15. The first kappa shape index (κ1) is 13.9. The van der Waals surface area contributed by atoms with E-state index in [4.69, 9.17) is 15.2 Å². The lowest BCUT2D eigenvalue weighted by atomic mass is 9.98. The molecule has 16 heavy (non-hydrogen) atoms. The van der Waals surface area contributed by atoms with Crippen LogP contribution in [0.15, 0.2) is 0 Å². The molecular weight excluding hydrogens is 202 g/mol. The minimum atomic E-state index is 0.326. The monoisotopic (exact) mass is 229 g/mol. The maximum atomic E-state index is 6.09. The van der Waals surface area contributed by atoms with Crippen molar-refractivity contribution >= 4 is 0 Å². The molecule has 3 unspecified atom stereocenters. The van der Waals surface area contributed by atoms with Crippen LogP contribution in [0.2, 0.25) is 0 Å². The van der Waals surface area contributed by atoms with Gasteiger partial charge in [0.1, 0.15) is 0 Å². The zero-order valence-corrected chi connectivity index (χ0v) is 10.8. The average Bonchev–Trinajstić information content (AvgIpc) is 2.70. The van der Waals surface area contributed by atoms with Gasteiger partial charge in [0.15, 0.2) is 0 Å². The van der Waals surface area contributed by atoms with E-state index in [1.165, 1.54) is 25.7 Å². The minimum Gasteiger partial charge on any atom is -0.384 e. The third-order valence-corrected chi connectivity index (χ3v) is 3.28. The Hall–Kier alpha value is -0.120. The van der Waals surface area contributed by atoms with E-state index in [9.17, 15) is 0 Å². The number of nitrogens with two attached hydrogens (primary N) is 1. The molecule has 2 N–H and O–H groups in total. The Morgan fingerprint density at radius 3 is 2.94 bits per heavy atom. The van der Waals surface area contributed by atoms with Crippen molar-refractivity contribution in [3.8, 4) is 0 Å². The van der Waals surface area contributed by atoms with Gasteiger partial charge in [0.2, 0.25) is 0 Å². The molecular formula is C13H27NO2. The molecule has 0 aromatic rings. The third-order valence-electron chi connectivity index (χ3n) is 3.28. The average molecular weight is 229 g/mol. The first-order valence-corrected chi connectivity index (χ1v) is 6.58. The summed E-state index contributed by atoms with van der Waals surface area (Å²) in [5.74, 6) is 0.572. The first-order chi connectivity index (χ1) is 7.72. The van der Waals surface area contributed by atoms with Crippen LogP contribution in [0.3, 0.4) is 0 Å². The second-order valence-corrected chi connectivity index (χ2v) is 5.12. The van der Waals surface area contributed by atoms with Crippen molar-refractivity contribution in [3.05, 3.63) is 0 Å². The van der Waals surface area contributed by atoms with E-state index in [2.05, 4.69) is 6.92 Å². The van der Waals surface area contributed by atoms with Crippen molar-refractivity contribution in [2.75, 3.05) is 20.3 Å². The Bertz CT molecular complexity index is 169. The van der Waals surface area contributed by atoms with E-state index in [-0.39, 0.29) is 0 Å². The summed E-state index contributed by atoms with van der Waals surface area (Å²) >= 11 is 0. The number of rotatable bonds is 8. The van der Waals surface area contributed by atoms with Crippen LogP contribution >= 0.6 is 0 Å². The summed E-state index contributed by atoms with van der Waals surface area (Å²) in [5.41, 5.74) is 6.09. The Labute approximate surface area is 99.7 Å². The van der Waals surface area contributed by atoms with Crippen LogP contribution in [0.1, 0.15) is 45.4 Å². The lowest BCUT2D eigenvalue weighted by molar-refractivity contribution is 0.101. The first-order valence-electron chi connectivity index (χ1n) is 6.58. The number of ether oxygens (including phenoxy) is 2. The summed E-state index contributed by atoms with van der Waals surface area (Å²) in [4.78, 5) is 0. The molecule has 0 bridgehead atoms. The summed E-state index contributed by atoms with van der Waals surface area (Å²) in [6.45, 7) is 3.98. The molecule has 1 saturated heterocycles. The lowest BCUT2D eigenvalue weighted by Gasteiger charge is -2.17. The summed E-state index contributed by atoms with van der Waals surface area (Å²) in [5, 5.41) is 0. The molecule has 1 rings (SSSR count). The number of hydrogen-bond acceptors (Lipinski definition) is 3. The quantitative estimate of drug-likeness (QED) is 0.695. The van der Waals surface area contributed by atoms with Crippen LogP contribution in [0, 0.1) is 5.92 Å². The fourth-order valence-electron chi connectivity index (χ4n) is 2.47. The summed E-state index contributed by atoms with van der Waals surface area (Å²) in [6, 6.07) is 0.326. The van der Waals surface area contributed by atoms with Crippen molar-refractivity contribution < 1.29 is 9.47 Å². The topological polar surface area (TPSA) is 44.5 Å². The highest BCUT2D eigenvalue weighted by atomic mass is 16.5. The van der Waals surface area contributed by atoms with E-state index < -0.39 is 0 Å². The van der Waals surface area contributed by atoms with Gasteiger partial charge < -0.3 is 15.2 Å². The Morgan fingerprint density at radius 1 is 1.50 bits per heavy atom. The van der Waals surface area contributed by atoms with E-state index in [0.717, 1.165) is 26.1 Å². The standard InChI is InChI=1S/C13H27NO2/c1-11(10-15-2)9-12(14)5-3-6-13-7-4-8-16-13/h11-13H,3-10,14H2,1-2H3. The van der Waals surface area contributed by atoms with Crippen LogP contribution in [0.4, 0.5) is 0 Å². The van der Waals surface area contributed by atoms with E-state index in [1.54, 1.807) is 7.11 Å². The van der Waals surface area contributed by atoms with E-state index in [0.29, 0.717) is 18.1 Å². The normalized spacial score (nSPS) is 24.6. The van der Waals surface area contributed by atoms with Crippen LogP contribution in [0.25, 0.3) is 0 Å². The molecule has 1 heterocycles. The summed E-state index contributed by atoms with van der Waals surface area (Å²) in [6.07, 6.45) is 7.57. The molecule has 96 valence electrons.